The van der Waals surface area contributed by atoms with Crippen LogP contribution in [0.15, 0.2) is 83.9 Å². The lowest BCUT2D eigenvalue weighted by Crippen LogP contribution is -2.27. The minimum Gasteiger partial charge on any atom is -0.306 e. The first kappa shape index (κ1) is 23.1. The highest BCUT2D eigenvalue weighted by molar-refractivity contribution is 6.41. The van der Waals surface area contributed by atoms with Crippen LogP contribution in [0.1, 0.15) is 48.1 Å². The maximum atomic E-state index is 12.4. The molecular weight excluding hydrogens is 406 g/mol. The van der Waals surface area contributed by atoms with Gasteiger partial charge in [0.25, 0.3) is 0 Å². The molecule has 1 heterocycles. The Bertz CT molecular complexity index is 1090. The van der Waals surface area contributed by atoms with Crippen LogP contribution in [-0.4, -0.2) is 36.5 Å². The topological polar surface area (TPSA) is 44.7 Å². The largest absolute Gasteiger partial charge is 0.306 e. The fourth-order valence-electron chi connectivity index (χ4n) is 4.44. The van der Waals surface area contributed by atoms with Gasteiger partial charge in [-0.1, -0.05) is 79.7 Å². The fraction of sp³-hybridized carbons (Fsp3) is 0.310. The molecule has 33 heavy (non-hydrogen) atoms. The minimum atomic E-state index is 0.0857. The van der Waals surface area contributed by atoms with E-state index < -0.39 is 0 Å². The van der Waals surface area contributed by atoms with Crippen LogP contribution in [0, 0.1) is 0 Å². The van der Waals surface area contributed by atoms with Crippen LogP contribution in [0.2, 0.25) is 0 Å². The van der Waals surface area contributed by atoms with Crippen molar-refractivity contribution >= 4 is 17.2 Å². The number of nitrogens with zero attached hydrogens (tertiary/aromatic N) is 2. The first-order chi connectivity index (χ1) is 16.1. The van der Waals surface area contributed by atoms with E-state index in [1.54, 1.807) is 0 Å². The van der Waals surface area contributed by atoms with Crippen LogP contribution in [0.4, 0.5) is 5.69 Å². The Morgan fingerprint density at radius 3 is 2.42 bits per heavy atom. The van der Waals surface area contributed by atoms with Gasteiger partial charge in [-0.3, -0.25) is 4.79 Å². The lowest BCUT2D eigenvalue weighted by molar-refractivity contribution is -0.112. The molecule has 0 aromatic heterocycles. The number of hydrogen-bond acceptors (Lipinski definition) is 4. The highest BCUT2D eigenvalue weighted by Crippen LogP contribution is 2.30. The second-order valence-electron chi connectivity index (χ2n) is 8.77. The number of Topliss-reactive ketones (excluding diaryl/α,β-unsaturated/α-hetero) is 1. The number of hydrogen-bond donors (Lipinski definition) is 1. The highest BCUT2D eigenvalue weighted by Gasteiger charge is 2.21. The molecule has 0 saturated carbocycles. The number of carbonyl (C=O) groups is 1. The molecule has 4 nitrogen and oxygen atoms in total. The molecule has 4 rings (SSSR count). The first-order valence-corrected chi connectivity index (χ1v) is 11.9. The summed E-state index contributed by atoms with van der Waals surface area (Å²) >= 11 is 0. The van der Waals surface area contributed by atoms with Crippen molar-refractivity contribution in [2.24, 2.45) is 4.99 Å². The summed E-state index contributed by atoms with van der Waals surface area (Å²) in [7, 11) is 2.17. The van der Waals surface area contributed by atoms with Gasteiger partial charge >= 0.3 is 0 Å². The van der Waals surface area contributed by atoms with Crippen LogP contribution in [0.5, 0.6) is 0 Å². The molecule has 170 valence electrons. The molecule has 1 aliphatic rings. The second-order valence-corrected chi connectivity index (χ2v) is 8.77. The quantitative estimate of drug-likeness (QED) is 0.425. The number of fused-ring (bicyclic) bond motifs is 1. The molecule has 1 unspecified atom stereocenters. The third-order valence-corrected chi connectivity index (χ3v) is 6.19. The lowest BCUT2D eigenvalue weighted by Gasteiger charge is -2.23. The number of carbonyl (C=O) groups excluding carboxylic acids is 1. The summed E-state index contributed by atoms with van der Waals surface area (Å²) in [5, 5.41) is 3.76. The Morgan fingerprint density at radius 1 is 0.970 bits per heavy atom. The van der Waals surface area contributed by atoms with E-state index in [9.17, 15) is 4.79 Å². The van der Waals surface area contributed by atoms with Gasteiger partial charge in [-0.05, 0) is 61.3 Å². The van der Waals surface area contributed by atoms with Crippen molar-refractivity contribution in [1.29, 1.82) is 0 Å². The van der Waals surface area contributed by atoms with E-state index in [0.29, 0.717) is 18.6 Å². The van der Waals surface area contributed by atoms with E-state index in [-0.39, 0.29) is 11.8 Å². The first-order valence-electron chi connectivity index (χ1n) is 11.9. The third kappa shape index (κ3) is 6.04. The normalized spacial score (nSPS) is 14.2. The monoisotopic (exact) mass is 439 g/mol. The molecule has 3 aromatic carbocycles. The van der Waals surface area contributed by atoms with E-state index in [1.165, 1.54) is 16.7 Å². The molecule has 4 heteroatoms. The van der Waals surface area contributed by atoms with E-state index >= 15 is 0 Å². The molecule has 1 atom stereocenters. The minimum absolute atomic E-state index is 0.0857. The van der Waals surface area contributed by atoms with Gasteiger partial charge in [0.05, 0.1) is 17.4 Å². The van der Waals surface area contributed by atoms with Crippen LogP contribution >= 0.6 is 0 Å². The summed E-state index contributed by atoms with van der Waals surface area (Å²) in [4.78, 5) is 19.3. The van der Waals surface area contributed by atoms with E-state index in [4.69, 9.17) is 0 Å². The number of rotatable bonds is 10. The zero-order valence-corrected chi connectivity index (χ0v) is 19.6. The number of nitrogens with one attached hydrogen (secondary N) is 1. The van der Waals surface area contributed by atoms with Gasteiger partial charge in [0.1, 0.15) is 0 Å². The smallest absolute Gasteiger partial charge is 0.181 e. The van der Waals surface area contributed by atoms with Crippen molar-refractivity contribution in [2.75, 3.05) is 20.1 Å². The standard InChI is InChI=1S/C29H33N3O/c1-3-26-28(33)20-25-19-24(15-16-27(25)31-26)29(23-13-8-5-9-14-23)30-17-10-18-32(2)21-22-11-6-4-7-12-22/h4-9,11-16,19,29-30H,3,10,17-18,20-21H2,1-2H3. The molecule has 0 spiro atoms. The Balaban J connectivity index is 1.43. The molecule has 1 N–H and O–H groups in total. The Labute approximate surface area is 197 Å². The molecule has 0 radical (unpaired) electrons. The molecule has 0 bridgehead atoms. The third-order valence-electron chi connectivity index (χ3n) is 6.19. The maximum Gasteiger partial charge on any atom is 0.181 e. The molecule has 3 aromatic rings. The van der Waals surface area contributed by atoms with E-state index in [1.807, 2.05) is 13.0 Å². The predicted octanol–water partition coefficient (Wildman–Crippen LogP) is 5.50. The van der Waals surface area contributed by atoms with Crippen LogP contribution in [0.3, 0.4) is 0 Å². The molecule has 0 saturated heterocycles. The number of ketones is 1. The van der Waals surface area contributed by atoms with E-state index in [2.05, 4.69) is 95.1 Å². The number of benzene rings is 3. The van der Waals surface area contributed by atoms with Gasteiger partial charge in [-0.15, -0.1) is 0 Å². The van der Waals surface area contributed by atoms with Crippen molar-refractivity contribution in [1.82, 2.24) is 10.2 Å². The molecule has 0 aliphatic carbocycles. The molecule has 1 aliphatic heterocycles. The predicted molar refractivity (Wildman–Crippen MR) is 136 cm³/mol. The molecular formula is C29H33N3O. The molecule has 0 fully saturated rings. The van der Waals surface area contributed by atoms with Crippen LogP contribution in [0.25, 0.3) is 0 Å². The highest BCUT2D eigenvalue weighted by atomic mass is 16.1. The maximum absolute atomic E-state index is 12.4. The van der Waals surface area contributed by atoms with Gasteiger partial charge < -0.3 is 10.2 Å². The van der Waals surface area contributed by atoms with Gasteiger partial charge in [0.2, 0.25) is 0 Å². The number of aliphatic imine (C=N–C) groups is 1. The Hall–Kier alpha value is -3.08. The van der Waals surface area contributed by atoms with Gasteiger partial charge in [-0.25, -0.2) is 4.99 Å². The van der Waals surface area contributed by atoms with Crippen molar-refractivity contribution < 1.29 is 4.79 Å². The van der Waals surface area contributed by atoms with Crippen LogP contribution < -0.4 is 5.32 Å². The fourth-order valence-corrected chi connectivity index (χ4v) is 4.44. The summed E-state index contributed by atoms with van der Waals surface area (Å²) < 4.78 is 0. The zero-order valence-electron chi connectivity index (χ0n) is 19.6. The average molecular weight is 440 g/mol. The Kier molecular flexibility index (Phi) is 7.82. The van der Waals surface area contributed by atoms with Crippen LogP contribution in [-0.2, 0) is 17.8 Å². The Morgan fingerprint density at radius 2 is 1.70 bits per heavy atom. The molecule has 0 amide bonds. The summed E-state index contributed by atoms with van der Waals surface area (Å²) in [6.45, 7) is 4.88. The van der Waals surface area contributed by atoms with Gasteiger partial charge in [-0.2, -0.15) is 0 Å². The van der Waals surface area contributed by atoms with E-state index in [0.717, 1.165) is 37.3 Å². The van der Waals surface area contributed by atoms with Crippen molar-refractivity contribution in [2.45, 2.75) is 38.8 Å². The zero-order chi connectivity index (χ0) is 23.0. The second kappa shape index (κ2) is 11.2. The average Bonchev–Trinajstić information content (AvgIpc) is 2.84. The van der Waals surface area contributed by atoms with Gasteiger partial charge in [0, 0.05) is 13.0 Å². The van der Waals surface area contributed by atoms with Gasteiger partial charge in [0.15, 0.2) is 5.78 Å². The van der Waals surface area contributed by atoms with Crippen molar-refractivity contribution in [3.63, 3.8) is 0 Å². The SMILES string of the molecule is CCC1=Nc2ccc(C(NCCCN(C)Cc3ccccc3)c3ccccc3)cc2CC1=O. The summed E-state index contributed by atoms with van der Waals surface area (Å²) in [6, 6.07) is 27.6. The summed E-state index contributed by atoms with van der Waals surface area (Å²) in [5.74, 6) is 0.146. The van der Waals surface area contributed by atoms with Crippen molar-refractivity contribution in [3.8, 4) is 0 Å². The summed E-state index contributed by atoms with van der Waals surface area (Å²) in [6.07, 6.45) is 2.19. The van der Waals surface area contributed by atoms with Crippen molar-refractivity contribution in [3.05, 3.63) is 101 Å². The lowest BCUT2D eigenvalue weighted by atomic mass is 9.92. The summed E-state index contributed by atoms with van der Waals surface area (Å²) in [5.41, 5.74) is 6.40.